The van der Waals surface area contributed by atoms with Crippen LogP contribution in [0.3, 0.4) is 0 Å². The van der Waals surface area contributed by atoms with Crippen LogP contribution in [-0.4, -0.2) is 31.1 Å². The molecular weight excluding hydrogens is 288 g/mol. The number of piperidine rings is 1. The van der Waals surface area contributed by atoms with E-state index in [9.17, 15) is 4.79 Å². The molecule has 1 heterocycles. The Hall–Kier alpha value is -1.26. The highest BCUT2D eigenvalue weighted by Gasteiger charge is 2.19. The first-order chi connectivity index (χ1) is 9.67. The lowest BCUT2D eigenvalue weighted by molar-refractivity contribution is -0.124. The Bertz CT molecular complexity index is 436. The third-order valence-corrected chi connectivity index (χ3v) is 3.69. The molecule has 2 unspecified atom stereocenters. The van der Waals surface area contributed by atoms with Crippen LogP contribution in [0.25, 0.3) is 0 Å². The predicted octanol–water partition coefficient (Wildman–Crippen LogP) is 2.31. The van der Waals surface area contributed by atoms with Gasteiger partial charge in [0.25, 0.3) is 5.91 Å². The molecule has 0 aromatic heterocycles. The number of carbonyl (C=O) groups is 1. The second kappa shape index (κ2) is 8.90. The summed E-state index contributed by atoms with van der Waals surface area (Å²) < 4.78 is 5.51. The van der Waals surface area contributed by atoms with Crippen molar-refractivity contribution in [1.82, 2.24) is 10.6 Å². The summed E-state index contributed by atoms with van der Waals surface area (Å²) in [7, 11) is 0. The molecule has 0 bridgehead atoms. The molecule has 21 heavy (non-hydrogen) atoms. The fourth-order valence-corrected chi connectivity index (χ4v) is 2.50. The summed E-state index contributed by atoms with van der Waals surface area (Å²) >= 11 is 0. The van der Waals surface area contributed by atoms with Crippen LogP contribution in [0.1, 0.15) is 32.3 Å². The van der Waals surface area contributed by atoms with Crippen LogP contribution in [0.5, 0.6) is 5.75 Å². The number of hydrogen-bond donors (Lipinski definition) is 2. The van der Waals surface area contributed by atoms with E-state index in [4.69, 9.17) is 4.74 Å². The van der Waals surface area contributed by atoms with Gasteiger partial charge in [-0.15, -0.1) is 12.4 Å². The van der Waals surface area contributed by atoms with Gasteiger partial charge in [-0.25, -0.2) is 0 Å². The van der Waals surface area contributed by atoms with Gasteiger partial charge < -0.3 is 15.4 Å². The standard InChI is InChI=1S/C16H24N2O2.ClH/c1-3-13-4-6-15(7-5-13)20-11-16(19)18-14-8-9-17-12(2)10-14;/h4-7,12,14,17H,3,8-11H2,1-2H3,(H,18,19);1H. The first kappa shape index (κ1) is 17.8. The second-order valence-electron chi connectivity index (χ2n) is 5.43. The molecule has 1 aromatic rings. The third-order valence-electron chi connectivity index (χ3n) is 3.69. The number of carbonyl (C=O) groups excluding carboxylic acids is 1. The number of amides is 1. The lowest BCUT2D eigenvalue weighted by Gasteiger charge is -2.28. The summed E-state index contributed by atoms with van der Waals surface area (Å²) in [4.78, 5) is 11.9. The number of halogens is 1. The van der Waals surface area contributed by atoms with Crippen LogP contribution in [0.15, 0.2) is 24.3 Å². The quantitative estimate of drug-likeness (QED) is 0.877. The van der Waals surface area contributed by atoms with Crippen molar-refractivity contribution in [3.63, 3.8) is 0 Å². The van der Waals surface area contributed by atoms with Gasteiger partial charge in [0.05, 0.1) is 0 Å². The van der Waals surface area contributed by atoms with Crippen molar-refractivity contribution in [3.05, 3.63) is 29.8 Å². The molecule has 5 heteroatoms. The van der Waals surface area contributed by atoms with Crippen molar-refractivity contribution in [2.45, 2.75) is 45.2 Å². The van der Waals surface area contributed by atoms with E-state index in [2.05, 4.69) is 24.5 Å². The summed E-state index contributed by atoms with van der Waals surface area (Å²) in [5, 5.41) is 6.41. The Morgan fingerprint density at radius 1 is 1.38 bits per heavy atom. The molecule has 4 nitrogen and oxygen atoms in total. The van der Waals surface area contributed by atoms with Crippen LogP contribution in [0.4, 0.5) is 0 Å². The van der Waals surface area contributed by atoms with Crippen LogP contribution in [0.2, 0.25) is 0 Å². The average Bonchev–Trinajstić information content (AvgIpc) is 2.46. The van der Waals surface area contributed by atoms with E-state index in [0.29, 0.717) is 6.04 Å². The van der Waals surface area contributed by atoms with Crippen LogP contribution in [0, 0.1) is 0 Å². The van der Waals surface area contributed by atoms with Gasteiger partial charge in [0.2, 0.25) is 0 Å². The maximum absolute atomic E-state index is 11.9. The molecule has 2 N–H and O–H groups in total. The molecular formula is C16H25ClN2O2. The molecule has 2 rings (SSSR count). The number of rotatable bonds is 5. The first-order valence-electron chi connectivity index (χ1n) is 7.42. The number of benzene rings is 1. The van der Waals surface area contributed by atoms with Crippen LogP contribution in [-0.2, 0) is 11.2 Å². The van der Waals surface area contributed by atoms with Crippen molar-refractivity contribution in [2.24, 2.45) is 0 Å². The van der Waals surface area contributed by atoms with Crippen LogP contribution >= 0.6 is 12.4 Å². The van der Waals surface area contributed by atoms with Crippen LogP contribution < -0.4 is 15.4 Å². The molecule has 1 saturated heterocycles. The Morgan fingerprint density at radius 2 is 2.10 bits per heavy atom. The average molecular weight is 313 g/mol. The molecule has 1 aliphatic rings. The zero-order chi connectivity index (χ0) is 14.4. The Kier molecular flexibility index (Phi) is 7.54. The third kappa shape index (κ3) is 5.94. The lowest BCUT2D eigenvalue weighted by Crippen LogP contribution is -2.47. The van der Waals surface area contributed by atoms with Gasteiger partial charge in [0.1, 0.15) is 5.75 Å². The number of nitrogens with one attached hydrogen (secondary N) is 2. The Balaban J connectivity index is 0.00000220. The normalized spacial score (nSPS) is 21.2. The second-order valence-corrected chi connectivity index (χ2v) is 5.43. The van der Waals surface area contributed by atoms with E-state index in [0.717, 1.165) is 31.6 Å². The molecule has 0 saturated carbocycles. The number of aryl methyl sites for hydroxylation is 1. The molecule has 1 amide bonds. The minimum Gasteiger partial charge on any atom is -0.484 e. The van der Waals surface area contributed by atoms with Gasteiger partial charge >= 0.3 is 0 Å². The maximum Gasteiger partial charge on any atom is 0.258 e. The fraction of sp³-hybridized carbons (Fsp3) is 0.562. The molecule has 1 aromatic carbocycles. The van der Waals surface area contributed by atoms with E-state index in [-0.39, 0.29) is 31.0 Å². The summed E-state index contributed by atoms with van der Waals surface area (Å²) in [6.45, 7) is 5.31. The first-order valence-corrected chi connectivity index (χ1v) is 7.42. The smallest absolute Gasteiger partial charge is 0.258 e. The Labute approximate surface area is 133 Å². The van der Waals surface area contributed by atoms with Crippen molar-refractivity contribution in [3.8, 4) is 5.75 Å². The maximum atomic E-state index is 11.9. The van der Waals surface area contributed by atoms with Crippen molar-refractivity contribution < 1.29 is 9.53 Å². The van der Waals surface area contributed by atoms with Gasteiger partial charge in [-0.1, -0.05) is 19.1 Å². The molecule has 1 fully saturated rings. The van der Waals surface area contributed by atoms with E-state index in [1.165, 1.54) is 5.56 Å². The molecule has 2 atom stereocenters. The highest BCUT2D eigenvalue weighted by Crippen LogP contribution is 2.12. The SMILES string of the molecule is CCc1ccc(OCC(=O)NC2CCNC(C)C2)cc1.Cl. The molecule has 0 spiro atoms. The zero-order valence-corrected chi connectivity index (χ0v) is 13.5. The highest BCUT2D eigenvalue weighted by molar-refractivity contribution is 5.85. The van der Waals surface area contributed by atoms with Gasteiger partial charge in [0.15, 0.2) is 6.61 Å². The molecule has 0 radical (unpaired) electrons. The topological polar surface area (TPSA) is 50.4 Å². The number of hydrogen-bond acceptors (Lipinski definition) is 3. The monoisotopic (exact) mass is 312 g/mol. The fourth-order valence-electron chi connectivity index (χ4n) is 2.50. The summed E-state index contributed by atoms with van der Waals surface area (Å²) in [5.41, 5.74) is 1.27. The van der Waals surface area contributed by atoms with Gasteiger partial charge in [-0.05, 0) is 50.4 Å². The summed E-state index contributed by atoms with van der Waals surface area (Å²) in [6.07, 6.45) is 2.98. The van der Waals surface area contributed by atoms with Gasteiger partial charge in [0, 0.05) is 12.1 Å². The lowest BCUT2D eigenvalue weighted by atomic mass is 10.0. The van der Waals surface area contributed by atoms with E-state index in [1.54, 1.807) is 0 Å². The van der Waals surface area contributed by atoms with Crippen molar-refractivity contribution in [1.29, 1.82) is 0 Å². The molecule has 0 aliphatic carbocycles. The van der Waals surface area contributed by atoms with Gasteiger partial charge in [-0.2, -0.15) is 0 Å². The highest BCUT2D eigenvalue weighted by atomic mass is 35.5. The predicted molar refractivity (Wildman–Crippen MR) is 87.2 cm³/mol. The number of ether oxygens (including phenoxy) is 1. The Morgan fingerprint density at radius 3 is 2.71 bits per heavy atom. The van der Waals surface area contributed by atoms with E-state index < -0.39 is 0 Å². The minimum absolute atomic E-state index is 0. The largest absolute Gasteiger partial charge is 0.484 e. The molecule has 118 valence electrons. The van der Waals surface area contributed by atoms with E-state index >= 15 is 0 Å². The van der Waals surface area contributed by atoms with Crippen molar-refractivity contribution in [2.75, 3.05) is 13.2 Å². The van der Waals surface area contributed by atoms with E-state index in [1.807, 2.05) is 24.3 Å². The molecule has 1 aliphatic heterocycles. The minimum atomic E-state index is -0.0383. The summed E-state index contributed by atoms with van der Waals surface area (Å²) in [6, 6.07) is 8.63. The van der Waals surface area contributed by atoms with Gasteiger partial charge in [-0.3, -0.25) is 4.79 Å². The summed E-state index contributed by atoms with van der Waals surface area (Å²) in [5.74, 6) is 0.708. The van der Waals surface area contributed by atoms with Crippen molar-refractivity contribution >= 4 is 18.3 Å². The zero-order valence-electron chi connectivity index (χ0n) is 12.7.